The number of halogens is 1. The number of anilines is 1. The van der Waals surface area contributed by atoms with Crippen molar-refractivity contribution in [3.8, 4) is 11.1 Å². The largest absolute Gasteiger partial charge is 0.444 e. The second-order valence-corrected chi connectivity index (χ2v) is 11.2. The number of nitrogens with zero attached hydrogens (tertiary/aromatic N) is 6. The summed E-state index contributed by atoms with van der Waals surface area (Å²) < 4.78 is 26.1. The number of fused-ring (bicyclic) bond motifs is 1. The molecule has 1 unspecified atom stereocenters. The number of para-hydroxylation sites is 1. The molecule has 0 aliphatic carbocycles. The minimum absolute atomic E-state index is 0.0101. The molecule has 4 aromatic rings. The normalized spacial score (nSPS) is 14.7. The molecule has 11 heteroatoms. The molecule has 2 amide bonds. The van der Waals surface area contributed by atoms with Crippen LogP contribution in [0.4, 0.5) is 19.7 Å². The molecule has 5 rings (SSSR count). The highest BCUT2D eigenvalue weighted by Crippen LogP contribution is 2.30. The summed E-state index contributed by atoms with van der Waals surface area (Å²) in [5.74, 6) is -0.503. The monoisotopic (exact) mass is 582 g/mol. The van der Waals surface area contributed by atoms with Crippen LogP contribution in [0.2, 0.25) is 0 Å². The molecule has 1 saturated heterocycles. The highest BCUT2D eigenvalue weighted by molar-refractivity contribution is 5.90. The maximum Gasteiger partial charge on any atom is 0.414 e. The van der Waals surface area contributed by atoms with Gasteiger partial charge in [0.25, 0.3) is 0 Å². The van der Waals surface area contributed by atoms with Crippen molar-refractivity contribution in [1.82, 2.24) is 9.88 Å². The summed E-state index contributed by atoms with van der Waals surface area (Å²) in [6, 6.07) is 21.5. The highest BCUT2D eigenvalue weighted by atomic mass is 19.1. The van der Waals surface area contributed by atoms with Crippen molar-refractivity contribution in [1.29, 1.82) is 0 Å². The number of azide groups is 1. The minimum atomic E-state index is -0.666. The van der Waals surface area contributed by atoms with Crippen LogP contribution in [0.1, 0.15) is 31.9 Å². The molecule has 10 nitrogen and oxygen atoms in total. The Kier molecular flexibility index (Phi) is 8.45. The van der Waals surface area contributed by atoms with Crippen LogP contribution in [0.15, 0.2) is 84.1 Å². The number of rotatable bonds is 8. The number of amides is 2. The van der Waals surface area contributed by atoms with E-state index in [-0.39, 0.29) is 19.6 Å². The first-order valence-electron chi connectivity index (χ1n) is 13.8. The Morgan fingerprint density at radius 3 is 2.63 bits per heavy atom. The van der Waals surface area contributed by atoms with E-state index in [1.165, 1.54) is 11.0 Å². The molecule has 1 aliphatic heterocycles. The van der Waals surface area contributed by atoms with Gasteiger partial charge in [-0.05, 0) is 73.3 Å². The molecule has 220 valence electrons. The number of aromatic nitrogens is 1. The molecule has 43 heavy (non-hydrogen) atoms. The van der Waals surface area contributed by atoms with Gasteiger partial charge in [-0.2, -0.15) is 0 Å². The van der Waals surface area contributed by atoms with Gasteiger partial charge >= 0.3 is 12.2 Å². The molecule has 0 N–H and O–H groups in total. The molecule has 3 aromatic carbocycles. The van der Waals surface area contributed by atoms with Gasteiger partial charge in [-0.1, -0.05) is 47.6 Å². The van der Waals surface area contributed by atoms with Crippen molar-refractivity contribution in [3.63, 3.8) is 0 Å². The van der Waals surface area contributed by atoms with Gasteiger partial charge < -0.3 is 9.47 Å². The topological polar surface area (TPSA) is 121 Å². The van der Waals surface area contributed by atoms with E-state index in [0.29, 0.717) is 23.4 Å². The Hall–Kier alpha value is -5.15. The molecular weight excluding hydrogens is 551 g/mol. The van der Waals surface area contributed by atoms with Crippen molar-refractivity contribution >= 4 is 28.8 Å². The first-order valence-corrected chi connectivity index (χ1v) is 13.8. The van der Waals surface area contributed by atoms with Crippen LogP contribution in [-0.2, 0) is 22.6 Å². The van der Waals surface area contributed by atoms with Crippen LogP contribution < -0.4 is 4.90 Å². The van der Waals surface area contributed by atoms with Gasteiger partial charge in [0.15, 0.2) is 0 Å². The Morgan fingerprint density at radius 2 is 1.91 bits per heavy atom. The van der Waals surface area contributed by atoms with Gasteiger partial charge in [-0.3, -0.25) is 14.8 Å². The number of hydrogen-bond acceptors (Lipinski definition) is 6. The molecule has 0 spiro atoms. The molecule has 1 aliphatic rings. The summed E-state index contributed by atoms with van der Waals surface area (Å²) in [6.07, 6.45) is 0.0785. The molecular formula is C32H31FN6O4. The number of carbonyl (C=O) groups excluding carboxylic acids is 2. The zero-order valence-electron chi connectivity index (χ0n) is 24.1. The number of pyridine rings is 1. The number of cyclic esters (lactones) is 1. The maximum atomic E-state index is 15.2. The predicted octanol–water partition coefficient (Wildman–Crippen LogP) is 7.61. The third-order valence-electron chi connectivity index (χ3n) is 6.88. The lowest BCUT2D eigenvalue weighted by Crippen LogP contribution is -2.36. The van der Waals surface area contributed by atoms with Crippen LogP contribution in [0.3, 0.4) is 0 Å². The van der Waals surface area contributed by atoms with Crippen molar-refractivity contribution in [3.05, 3.63) is 106 Å². The lowest BCUT2D eigenvalue weighted by Gasteiger charge is -2.28. The van der Waals surface area contributed by atoms with E-state index in [4.69, 9.17) is 15.0 Å². The van der Waals surface area contributed by atoms with Gasteiger partial charge in [0.05, 0.1) is 30.8 Å². The standard InChI is InChI=1S/C32H31FN6O4/c1-32(2,3)43-30(40)38(19-23-14-15-35-29-7-5-4-6-27(23)29)18-21-8-10-22(11-9-21)26-13-12-24(16-28(26)33)39-20-25(17-36-37-34)42-31(39)41/h4-16,25H,17-20H2,1-3H3. The second-order valence-electron chi connectivity index (χ2n) is 11.2. The van der Waals surface area contributed by atoms with E-state index < -0.39 is 29.7 Å². The van der Waals surface area contributed by atoms with Crippen molar-refractivity contribution in [2.24, 2.45) is 5.11 Å². The highest BCUT2D eigenvalue weighted by Gasteiger charge is 2.32. The van der Waals surface area contributed by atoms with Crippen LogP contribution in [-0.4, -0.2) is 46.9 Å². The predicted molar refractivity (Wildman–Crippen MR) is 161 cm³/mol. The molecule has 0 radical (unpaired) electrons. The Morgan fingerprint density at radius 1 is 1.14 bits per heavy atom. The minimum Gasteiger partial charge on any atom is -0.444 e. The third-order valence-corrected chi connectivity index (χ3v) is 6.88. The first kappa shape index (κ1) is 29.3. The molecule has 2 heterocycles. The first-order chi connectivity index (χ1) is 20.6. The zero-order valence-corrected chi connectivity index (χ0v) is 24.1. The van der Waals surface area contributed by atoms with Gasteiger partial charge in [0, 0.05) is 28.6 Å². The summed E-state index contributed by atoms with van der Waals surface area (Å²) >= 11 is 0. The third kappa shape index (κ3) is 7.02. The Balaban J connectivity index is 1.34. The van der Waals surface area contributed by atoms with E-state index in [1.807, 2.05) is 63.2 Å². The lowest BCUT2D eigenvalue weighted by atomic mass is 10.0. The van der Waals surface area contributed by atoms with Gasteiger partial charge in [0.1, 0.15) is 17.5 Å². The average molecular weight is 583 g/mol. The van der Waals surface area contributed by atoms with Crippen LogP contribution in [0, 0.1) is 5.82 Å². The van der Waals surface area contributed by atoms with Crippen LogP contribution in [0.5, 0.6) is 0 Å². The SMILES string of the molecule is CC(C)(C)OC(=O)N(Cc1ccc(-c2ccc(N3CC(CN=[N+]=[N-])OC3=O)cc2F)cc1)Cc1ccnc2ccccc12. The van der Waals surface area contributed by atoms with Gasteiger partial charge in [-0.25, -0.2) is 14.0 Å². The number of ether oxygens (including phenoxy) is 2. The van der Waals surface area contributed by atoms with Gasteiger partial charge in [0.2, 0.25) is 0 Å². The van der Waals surface area contributed by atoms with E-state index in [2.05, 4.69) is 15.0 Å². The van der Waals surface area contributed by atoms with Crippen molar-refractivity contribution in [2.45, 2.75) is 45.6 Å². The summed E-state index contributed by atoms with van der Waals surface area (Å²) in [4.78, 5) is 35.6. The van der Waals surface area contributed by atoms with E-state index >= 15 is 4.39 Å². The molecule has 0 bridgehead atoms. The van der Waals surface area contributed by atoms with E-state index in [9.17, 15) is 9.59 Å². The number of hydrogen-bond donors (Lipinski definition) is 0. The summed E-state index contributed by atoms with van der Waals surface area (Å²) in [5, 5.41) is 4.40. The number of carbonyl (C=O) groups is 2. The number of benzene rings is 3. The molecule has 1 atom stereocenters. The molecule has 1 fully saturated rings. The lowest BCUT2D eigenvalue weighted by molar-refractivity contribution is 0.0217. The quantitative estimate of drug-likeness (QED) is 0.120. The summed E-state index contributed by atoms with van der Waals surface area (Å²) in [5.41, 5.74) is 11.8. The summed E-state index contributed by atoms with van der Waals surface area (Å²) in [6.45, 7) is 6.25. The fourth-order valence-electron chi connectivity index (χ4n) is 4.88. The van der Waals surface area contributed by atoms with Crippen molar-refractivity contribution < 1.29 is 23.5 Å². The average Bonchev–Trinajstić information content (AvgIpc) is 3.35. The fraction of sp³-hybridized carbons (Fsp3) is 0.281. The van der Waals surface area contributed by atoms with E-state index in [1.54, 1.807) is 35.4 Å². The van der Waals surface area contributed by atoms with Crippen LogP contribution >= 0.6 is 0 Å². The summed E-state index contributed by atoms with van der Waals surface area (Å²) in [7, 11) is 0. The fourth-order valence-corrected chi connectivity index (χ4v) is 4.88. The van der Waals surface area contributed by atoms with Gasteiger partial charge in [-0.15, -0.1) is 0 Å². The Labute approximate surface area is 248 Å². The maximum absolute atomic E-state index is 15.2. The van der Waals surface area contributed by atoms with E-state index in [0.717, 1.165) is 22.0 Å². The van der Waals surface area contributed by atoms with Crippen LogP contribution in [0.25, 0.3) is 32.5 Å². The molecule has 0 saturated carbocycles. The Bertz CT molecular complexity index is 1690. The zero-order chi connectivity index (χ0) is 30.6. The second kappa shape index (κ2) is 12.4. The molecule has 1 aromatic heterocycles. The van der Waals surface area contributed by atoms with Crippen molar-refractivity contribution in [2.75, 3.05) is 18.0 Å². The smallest absolute Gasteiger partial charge is 0.414 e.